The molecule has 0 radical (unpaired) electrons. The Morgan fingerprint density at radius 3 is 2.53 bits per heavy atom. The van der Waals surface area contributed by atoms with Gasteiger partial charge in [-0.25, -0.2) is 8.78 Å². The van der Waals surface area contributed by atoms with Crippen LogP contribution in [0.4, 0.5) is 14.5 Å². The first-order chi connectivity index (χ1) is 8.95. The van der Waals surface area contributed by atoms with E-state index in [2.05, 4.69) is 19.2 Å². The van der Waals surface area contributed by atoms with E-state index in [1.54, 1.807) is 6.92 Å². The number of nitrogens with one attached hydrogen (secondary N) is 1. The lowest BCUT2D eigenvalue weighted by Gasteiger charge is -2.44. The Morgan fingerprint density at radius 2 is 1.89 bits per heavy atom. The van der Waals surface area contributed by atoms with Crippen LogP contribution in [-0.2, 0) is 0 Å². The van der Waals surface area contributed by atoms with Crippen LogP contribution in [-0.4, -0.2) is 25.7 Å². The number of aryl methyl sites for hydroxylation is 1. The molecule has 1 heterocycles. The van der Waals surface area contributed by atoms with Gasteiger partial charge in [-0.1, -0.05) is 6.92 Å². The lowest BCUT2D eigenvalue weighted by Crippen LogP contribution is -2.53. The minimum atomic E-state index is -0.341. The summed E-state index contributed by atoms with van der Waals surface area (Å²) in [6.07, 6.45) is 0.941. The van der Waals surface area contributed by atoms with Crippen molar-refractivity contribution in [3.05, 3.63) is 29.3 Å². The second-order valence-corrected chi connectivity index (χ2v) is 5.53. The van der Waals surface area contributed by atoms with E-state index in [1.165, 1.54) is 12.1 Å². The number of halogens is 2. The molecule has 2 rings (SSSR count). The fraction of sp³-hybridized carbons (Fsp3) is 0.600. The number of benzene rings is 1. The molecule has 1 N–H and O–H groups in total. The summed E-state index contributed by atoms with van der Waals surface area (Å²) < 4.78 is 27.7. The van der Waals surface area contributed by atoms with Crippen molar-refractivity contribution in [1.29, 1.82) is 0 Å². The molecule has 106 valence electrons. The quantitative estimate of drug-likeness (QED) is 0.886. The maximum Gasteiger partial charge on any atom is 0.146 e. The molecule has 0 bridgehead atoms. The molecule has 1 fully saturated rings. The predicted molar refractivity (Wildman–Crippen MR) is 74.5 cm³/mol. The highest BCUT2D eigenvalue weighted by Crippen LogP contribution is 2.31. The van der Waals surface area contributed by atoms with Crippen LogP contribution in [0.2, 0.25) is 0 Å². The molecule has 0 saturated carbocycles. The van der Waals surface area contributed by atoms with Gasteiger partial charge in [0, 0.05) is 24.7 Å². The van der Waals surface area contributed by atoms with Gasteiger partial charge in [-0.2, -0.15) is 0 Å². The van der Waals surface area contributed by atoms with Crippen LogP contribution in [0.15, 0.2) is 12.1 Å². The van der Waals surface area contributed by atoms with Crippen LogP contribution in [0.25, 0.3) is 0 Å². The van der Waals surface area contributed by atoms with Crippen LogP contribution in [0.5, 0.6) is 0 Å². The zero-order chi connectivity index (χ0) is 14.2. The minimum Gasteiger partial charge on any atom is -0.366 e. The number of rotatable bonds is 2. The van der Waals surface area contributed by atoms with E-state index in [0.717, 1.165) is 13.0 Å². The summed E-state index contributed by atoms with van der Waals surface area (Å²) in [4.78, 5) is 1.98. The van der Waals surface area contributed by atoms with Gasteiger partial charge < -0.3 is 10.2 Å². The second-order valence-electron chi connectivity index (χ2n) is 5.53. The first kappa shape index (κ1) is 14.3. The van der Waals surface area contributed by atoms with Gasteiger partial charge in [0.25, 0.3) is 0 Å². The molecule has 1 aromatic carbocycles. The summed E-state index contributed by atoms with van der Waals surface area (Å²) in [5.41, 5.74) is 0.740. The predicted octanol–water partition coefficient (Wildman–Crippen LogP) is 3.10. The largest absolute Gasteiger partial charge is 0.366 e. The Hall–Kier alpha value is -1.16. The number of hydrogen-bond donors (Lipinski definition) is 1. The summed E-state index contributed by atoms with van der Waals surface area (Å²) in [6, 6.07) is 3.23. The van der Waals surface area contributed by atoms with Crippen LogP contribution in [0, 0.1) is 24.5 Å². The zero-order valence-corrected chi connectivity index (χ0v) is 12.0. The topological polar surface area (TPSA) is 15.3 Å². The molecule has 0 aliphatic carbocycles. The summed E-state index contributed by atoms with van der Waals surface area (Å²) in [5, 5.41) is 3.30. The molecule has 3 unspecified atom stereocenters. The molecular weight excluding hydrogens is 246 g/mol. The van der Waals surface area contributed by atoms with E-state index in [1.807, 2.05) is 11.9 Å². The smallest absolute Gasteiger partial charge is 0.146 e. The Kier molecular flexibility index (Phi) is 4.09. The van der Waals surface area contributed by atoms with Crippen LogP contribution in [0.1, 0.15) is 25.8 Å². The number of nitrogens with zero attached hydrogens (tertiary/aromatic N) is 1. The molecule has 1 aliphatic heterocycles. The SMILES string of the molecule is CNC1CCN(c2cc(F)c(C)cc2F)C(C)C1C. The minimum absolute atomic E-state index is 0.183. The molecule has 1 saturated heterocycles. The van der Waals surface area contributed by atoms with E-state index in [-0.39, 0.29) is 17.7 Å². The normalized spacial score (nSPS) is 27.7. The van der Waals surface area contributed by atoms with Gasteiger partial charge in [-0.3, -0.25) is 0 Å². The Balaban J connectivity index is 2.30. The average molecular weight is 268 g/mol. The first-order valence-corrected chi connectivity index (χ1v) is 6.85. The van der Waals surface area contributed by atoms with Crippen molar-refractivity contribution in [1.82, 2.24) is 5.32 Å². The lowest BCUT2D eigenvalue weighted by molar-refractivity contribution is 0.281. The van der Waals surface area contributed by atoms with E-state index in [4.69, 9.17) is 0 Å². The number of anilines is 1. The molecular formula is C15H22F2N2. The number of hydrogen-bond acceptors (Lipinski definition) is 2. The third-order valence-electron chi connectivity index (χ3n) is 4.48. The van der Waals surface area contributed by atoms with Gasteiger partial charge in [-0.05, 0) is 44.9 Å². The van der Waals surface area contributed by atoms with Crippen molar-refractivity contribution < 1.29 is 8.78 Å². The molecule has 1 aromatic rings. The molecule has 19 heavy (non-hydrogen) atoms. The molecule has 2 nitrogen and oxygen atoms in total. The summed E-state index contributed by atoms with van der Waals surface area (Å²) in [7, 11) is 1.95. The molecule has 3 atom stereocenters. The van der Waals surface area contributed by atoms with Gasteiger partial charge >= 0.3 is 0 Å². The van der Waals surface area contributed by atoms with Gasteiger partial charge in [-0.15, -0.1) is 0 Å². The van der Waals surface area contributed by atoms with Crippen LogP contribution < -0.4 is 10.2 Å². The third kappa shape index (κ3) is 2.59. The van der Waals surface area contributed by atoms with Gasteiger partial charge in [0.2, 0.25) is 0 Å². The Bertz CT molecular complexity index is 462. The van der Waals surface area contributed by atoms with Crippen LogP contribution >= 0.6 is 0 Å². The van der Waals surface area contributed by atoms with E-state index in [9.17, 15) is 8.78 Å². The van der Waals surface area contributed by atoms with Crippen molar-refractivity contribution in [3.8, 4) is 0 Å². The van der Waals surface area contributed by atoms with E-state index >= 15 is 0 Å². The highest BCUT2D eigenvalue weighted by atomic mass is 19.1. The van der Waals surface area contributed by atoms with Crippen molar-refractivity contribution in [2.75, 3.05) is 18.5 Å². The molecule has 0 amide bonds. The van der Waals surface area contributed by atoms with Gasteiger partial charge in [0.1, 0.15) is 11.6 Å². The zero-order valence-electron chi connectivity index (χ0n) is 12.0. The summed E-state index contributed by atoms with van der Waals surface area (Å²) in [5.74, 6) is -0.282. The maximum atomic E-state index is 14.1. The Morgan fingerprint density at radius 1 is 1.21 bits per heavy atom. The lowest BCUT2D eigenvalue weighted by atomic mass is 9.86. The summed E-state index contributed by atoms with van der Waals surface area (Å²) >= 11 is 0. The fourth-order valence-corrected chi connectivity index (χ4v) is 2.97. The summed E-state index contributed by atoms with van der Waals surface area (Å²) in [6.45, 7) is 6.56. The van der Waals surface area contributed by atoms with Crippen LogP contribution in [0.3, 0.4) is 0 Å². The van der Waals surface area contributed by atoms with Crippen molar-refractivity contribution in [3.63, 3.8) is 0 Å². The van der Waals surface area contributed by atoms with E-state index in [0.29, 0.717) is 23.2 Å². The van der Waals surface area contributed by atoms with Crippen molar-refractivity contribution >= 4 is 5.69 Å². The first-order valence-electron chi connectivity index (χ1n) is 6.85. The third-order valence-corrected chi connectivity index (χ3v) is 4.48. The standard InChI is InChI=1S/C15H22F2N2/c1-9-7-13(17)15(8-12(9)16)19-6-5-14(18-4)10(2)11(19)3/h7-8,10-11,14,18H,5-6H2,1-4H3. The highest BCUT2D eigenvalue weighted by molar-refractivity contribution is 5.51. The molecule has 1 aliphatic rings. The Labute approximate surface area is 113 Å². The van der Waals surface area contributed by atoms with Crippen molar-refractivity contribution in [2.24, 2.45) is 5.92 Å². The average Bonchev–Trinajstić information content (AvgIpc) is 2.37. The molecule has 0 spiro atoms. The van der Waals surface area contributed by atoms with E-state index < -0.39 is 0 Å². The maximum absolute atomic E-state index is 14.1. The monoisotopic (exact) mass is 268 g/mol. The van der Waals surface area contributed by atoms with Gasteiger partial charge in [0.05, 0.1) is 5.69 Å². The van der Waals surface area contributed by atoms with Gasteiger partial charge in [0.15, 0.2) is 0 Å². The highest BCUT2D eigenvalue weighted by Gasteiger charge is 2.32. The number of piperidine rings is 1. The fourth-order valence-electron chi connectivity index (χ4n) is 2.97. The molecule has 4 heteroatoms. The second kappa shape index (κ2) is 5.45. The molecule has 0 aromatic heterocycles. The van der Waals surface area contributed by atoms with Crippen molar-refractivity contribution in [2.45, 2.75) is 39.3 Å².